The molecule has 0 aliphatic heterocycles. The standard InChI is InChI=1S/C15H20F3NO3S2/c1-22-12-6-9-14(10-7-12)24(20,21)19-11-3-2-4-13(8-5-11)23-15(16,17)18/h6-7,9-11,13,19H,2-5,8H2,1H3. The van der Waals surface area contributed by atoms with Gasteiger partial charge in [-0.3, -0.25) is 0 Å². The molecular formula is C15H20F3NO3S2. The van der Waals surface area contributed by atoms with E-state index in [1.54, 1.807) is 12.1 Å². The molecule has 0 aromatic heterocycles. The number of methoxy groups -OCH3 is 1. The zero-order valence-corrected chi connectivity index (χ0v) is 14.8. The Morgan fingerprint density at radius 3 is 2.38 bits per heavy atom. The summed E-state index contributed by atoms with van der Waals surface area (Å²) in [6, 6.07) is 5.66. The number of benzene rings is 1. The van der Waals surface area contributed by atoms with E-state index in [2.05, 4.69) is 4.72 Å². The van der Waals surface area contributed by atoms with Crippen molar-refractivity contribution in [3.8, 4) is 5.75 Å². The topological polar surface area (TPSA) is 55.4 Å². The van der Waals surface area contributed by atoms with Crippen LogP contribution in [0.25, 0.3) is 0 Å². The third-order valence-electron chi connectivity index (χ3n) is 3.91. The highest BCUT2D eigenvalue weighted by Gasteiger charge is 2.34. The molecule has 1 aliphatic carbocycles. The molecule has 4 nitrogen and oxygen atoms in total. The molecule has 1 aromatic rings. The maximum atomic E-state index is 12.5. The number of sulfonamides is 1. The first-order valence-electron chi connectivity index (χ1n) is 7.60. The van der Waals surface area contributed by atoms with Crippen molar-refractivity contribution >= 4 is 21.8 Å². The molecule has 0 bridgehead atoms. The Kier molecular flexibility index (Phi) is 6.44. The van der Waals surface area contributed by atoms with Gasteiger partial charge in [0.15, 0.2) is 0 Å². The van der Waals surface area contributed by atoms with Gasteiger partial charge in [-0.2, -0.15) is 13.2 Å². The Labute approximate surface area is 144 Å². The summed E-state index contributed by atoms with van der Waals surface area (Å²) in [6.07, 6.45) is 2.32. The lowest BCUT2D eigenvalue weighted by molar-refractivity contribution is -0.0334. The Bertz CT molecular complexity index is 632. The number of thioether (sulfide) groups is 1. The third kappa shape index (κ3) is 5.86. The molecule has 2 rings (SSSR count). The Hall–Kier alpha value is -0.930. The molecule has 24 heavy (non-hydrogen) atoms. The summed E-state index contributed by atoms with van der Waals surface area (Å²) < 4.78 is 69.8. The van der Waals surface area contributed by atoms with Crippen molar-refractivity contribution in [1.82, 2.24) is 4.72 Å². The van der Waals surface area contributed by atoms with E-state index in [1.807, 2.05) is 0 Å². The number of nitrogens with one attached hydrogen (secondary N) is 1. The summed E-state index contributed by atoms with van der Waals surface area (Å²) in [5.74, 6) is 0.551. The molecule has 0 heterocycles. The van der Waals surface area contributed by atoms with Crippen molar-refractivity contribution in [2.75, 3.05) is 7.11 Å². The van der Waals surface area contributed by atoms with Gasteiger partial charge >= 0.3 is 5.51 Å². The van der Waals surface area contributed by atoms with Crippen LogP contribution in [0.1, 0.15) is 32.1 Å². The van der Waals surface area contributed by atoms with Crippen LogP contribution >= 0.6 is 11.8 Å². The summed E-state index contributed by atoms with van der Waals surface area (Å²) in [7, 11) is -2.20. The van der Waals surface area contributed by atoms with Crippen LogP contribution in [0.15, 0.2) is 29.2 Å². The van der Waals surface area contributed by atoms with Crippen LogP contribution in [0.4, 0.5) is 13.2 Å². The monoisotopic (exact) mass is 383 g/mol. The first kappa shape index (κ1) is 19.4. The van der Waals surface area contributed by atoms with Crippen molar-refractivity contribution in [3.63, 3.8) is 0 Å². The van der Waals surface area contributed by atoms with Crippen molar-refractivity contribution in [2.24, 2.45) is 0 Å². The molecule has 9 heteroatoms. The van der Waals surface area contributed by atoms with E-state index in [1.165, 1.54) is 19.2 Å². The maximum Gasteiger partial charge on any atom is 0.442 e. The third-order valence-corrected chi connectivity index (χ3v) is 6.52. The fourth-order valence-corrected chi connectivity index (χ4v) is 4.96. The molecule has 1 N–H and O–H groups in total. The molecule has 1 fully saturated rings. The van der Waals surface area contributed by atoms with Crippen LogP contribution < -0.4 is 9.46 Å². The first-order valence-corrected chi connectivity index (χ1v) is 9.97. The predicted molar refractivity (Wildman–Crippen MR) is 87.6 cm³/mol. The molecular weight excluding hydrogens is 363 g/mol. The summed E-state index contributed by atoms with van der Waals surface area (Å²) in [5, 5.41) is -0.500. The lowest BCUT2D eigenvalue weighted by Crippen LogP contribution is -2.34. The summed E-state index contributed by atoms with van der Waals surface area (Å²) in [6.45, 7) is 0. The van der Waals surface area contributed by atoms with Gasteiger partial charge in [-0.1, -0.05) is 6.42 Å². The van der Waals surface area contributed by atoms with E-state index in [-0.39, 0.29) is 22.7 Å². The number of ether oxygens (including phenoxy) is 1. The van der Waals surface area contributed by atoms with Gasteiger partial charge < -0.3 is 4.74 Å². The second kappa shape index (κ2) is 7.97. The molecule has 0 amide bonds. The van der Waals surface area contributed by atoms with Crippen LogP contribution in [0.2, 0.25) is 0 Å². The Morgan fingerprint density at radius 1 is 1.12 bits per heavy atom. The highest BCUT2D eigenvalue weighted by molar-refractivity contribution is 8.00. The minimum Gasteiger partial charge on any atom is -0.497 e. The SMILES string of the molecule is COc1ccc(S(=O)(=O)NC2CCCC(SC(F)(F)F)CC2)cc1. The lowest BCUT2D eigenvalue weighted by Gasteiger charge is -2.17. The number of alkyl halides is 3. The van der Waals surface area contributed by atoms with Crippen molar-refractivity contribution in [3.05, 3.63) is 24.3 Å². The van der Waals surface area contributed by atoms with E-state index < -0.39 is 20.8 Å². The quantitative estimate of drug-likeness (QED) is 0.783. The van der Waals surface area contributed by atoms with E-state index >= 15 is 0 Å². The van der Waals surface area contributed by atoms with Crippen molar-refractivity contribution in [2.45, 2.75) is 53.8 Å². The number of halogens is 3. The van der Waals surface area contributed by atoms with E-state index in [4.69, 9.17) is 4.74 Å². The second-order valence-corrected chi connectivity index (χ2v) is 8.77. The maximum absolute atomic E-state index is 12.5. The summed E-state index contributed by atoms with van der Waals surface area (Å²) in [5.41, 5.74) is -4.24. The molecule has 1 aliphatic rings. The molecule has 0 radical (unpaired) electrons. The smallest absolute Gasteiger partial charge is 0.442 e. The highest BCUT2D eigenvalue weighted by atomic mass is 32.2. The normalized spacial score (nSPS) is 22.8. The largest absolute Gasteiger partial charge is 0.497 e. The van der Waals surface area contributed by atoms with Gasteiger partial charge in [0.05, 0.1) is 12.0 Å². The summed E-state index contributed by atoms with van der Waals surface area (Å²) in [4.78, 5) is 0.119. The van der Waals surface area contributed by atoms with Crippen LogP contribution in [0.3, 0.4) is 0 Å². The molecule has 0 saturated heterocycles. The van der Waals surface area contributed by atoms with Crippen molar-refractivity contribution < 1.29 is 26.3 Å². The van der Waals surface area contributed by atoms with Crippen LogP contribution in [-0.4, -0.2) is 32.3 Å². The Balaban J connectivity index is 1.97. The summed E-state index contributed by atoms with van der Waals surface area (Å²) >= 11 is 0.0204. The Morgan fingerprint density at radius 2 is 1.79 bits per heavy atom. The molecule has 2 unspecified atom stereocenters. The highest BCUT2D eigenvalue weighted by Crippen LogP contribution is 2.39. The second-order valence-electron chi connectivity index (χ2n) is 5.69. The van der Waals surface area contributed by atoms with Crippen LogP contribution in [0.5, 0.6) is 5.75 Å². The van der Waals surface area contributed by atoms with Crippen LogP contribution in [-0.2, 0) is 10.0 Å². The van der Waals surface area contributed by atoms with E-state index in [0.717, 1.165) is 0 Å². The van der Waals surface area contributed by atoms with Gasteiger partial charge in [-0.05, 0) is 61.7 Å². The van der Waals surface area contributed by atoms with Gasteiger partial charge in [-0.15, -0.1) is 0 Å². The average molecular weight is 383 g/mol. The van der Waals surface area contributed by atoms with Crippen LogP contribution in [0, 0.1) is 0 Å². The molecule has 2 atom stereocenters. The van der Waals surface area contributed by atoms with Gasteiger partial charge in [0.2, 0.25) is 10.0 Å². The van der Waals surface area contributed by atoms with Crippen molar-refractivity contribution in [1.29, 1.82) is 0 Å². The average Bonchev–Trinajstić information content (AvgIpc) is 2.70. The van der Waals surface area contributed by atoms with Gasteiger partial charge in [-0.25, -0.2) is 13.1 Å². The zero-order chi connectivity index (χ0) is 17.8. The predicted octanol–water partition coefficient (Wildman–Crippen LogP) is 3.93. The molecule has 0 spiro atoms. The van der Waals surface area contributed by atoms with Gasteiger partial charge in [0.1, 0.15) is 5.75 Å². The minimum atomic E-state index is -4.24. The number of hydrogen-bond acceptors (Lipinski definition) is 4. The van der Waals surface area contributed by atoms with E-state index in [9.17, 15) is 21.6 Å². The molecule has 1 saturated carbocycles. The number of hydrogen-bond donors (Lipinski definition) is 1. The fourth-order valence-electron chi connectivity index (χ4n) is 2.73. The minimum absolute atomic E-state index is 0.0204. The number of rotatable bonds is 5. The van der Waals surface area contributed by atoms with Gasteiger partial charge in [0.25, 0.3) is 0 Å². The lowest BCUT2D eigenvalue weighted by atomic mass is 10.1. The van der Waals surface area contributed by atoms with Gasteiger partial charge in [0, 0.05) is 11.3 Å². The molecule has 1 aromatic carbocycles. The zero-order valence-electron chi connectivity index (χ0n) is 13.2. The fraction of sp³-hybridized carbons (Fsp3) is 0.600. The molecule has 136 valence electrons. The van der Waals surface area contributed by atoms with E-state index in [0.29, 0.717) is 37.9 Å². The first-order chi connectivity index (χ1) is 11.2.